The average molecular weight is 647 g/mol. The molecule has 2 fully saturated rings. The molecule has 4 rings (SSSR count). The van der Waals surface area contributed by atoms with E-state index in [1.165, 1.54) is 6.07 Å². The van der Waals surface area contributed by atoms with Crippen molar-refractivity contribution >= 4 is 15.9 Å². The lowest BCUT2D eigenvalue weighted by Gasteiger charge is -2.37. The van der Waals surface area contributed by atoms with Crippen molar-refractivity contribution in [3.63, 3.8) is 0 Å². The second-order valence-corrected chi connectivity index (χ2v) is 14.7. The molecular formula is C34H51FN4O5S. The maximum Gasteiger partial charge on any atom is 0.246 e. The van der Waals surface area contributed by atoms with E-state index in [1.807, 2.05) is 26.8 Å². The normalized spacial score (nSPS) is 20.7. The molecule has 0 aromatic heterocycles. The molecule has 0 radical (unpaired) electrons. The lowest BCUT2D eigenvalue weighted by atomic mass is 9.76. The minimum absolute atomic E-state index is 0.0152. The standard InChI is InChI=1S/C34H51FN4O5S/c1-24-20-31(43-6)25(2)26(3)34(24)45(41,42)39-16-14-38(15-17-39)18-19-44-23-32(40)36-22-27-10-12-28(13-11-27)33(37(4)5)29-8-7-9-30(35)21-29/h7-9,20-21,27-28,33H,10-19,22-23H2,1-6H3,(H,36,40). The first kappa shape index (κ1) is 35.3. The average Bonchev–Trinajstić information content (AvgIpc) is 3.01. The van der Waals surface area contributed by atoms with Crippen molar-refractivity contribution in [2.75, 3.05) is 73.7 Å². The lowest BCUT2D eigenvalue weighted by Crippen LogP contribution is -2.49. The highest BCUT2D eigenvalue weighted by molar-refractivity contribution is 7.89. The number of amides is 1. The number of benzene rings is 2. The van der Waals surface area contributed by atoms with Gasteiger partial charge in [0.1, 0.15) is 18.2 Å². The maximum atomic E-state index is 13.9. The van der Waals surface area contributed by atoms with Crippen LogP contribution in [0.1, 0.15) is 54.0 Å². The van der Waals surface area contributed by atoms with Crippen molar-refractivity contribution in [3.8, 4) is 5.75 Å². The molecule has 1 saturated carbocycles. The SMILES string of the molecule is COc1cc(C)c(S(=O)(=O)N2CCN(CCOCC(=O)NCC3CCC(C(c4cccc(F)c4)N(C)C)CC3)CC2)c(C)c1C. The van der Waals surface area contributed by atoms with Crippen LogP contribution in [-0.4, -0.2) is 102 Å². The molecule has 1 atom stereocenters. The topological polar surface area (TPSA) is 91.4 Å². The highest BCUT2D eigenvalue weighted by Crippen LogP contribution is 2.39. The molecule has 11 heteroatoms. The van der Waals surface area contributed by atoms with Gasteiger partial charge in [0.25, 0.3) is 0 Å². The van der Waals surface area contributed by atoms with Gasteiger partial charge in [-0.05, 0) is 113 Å². The number of carbonyl (C=O) groups excluding carboxylic acids is 1. The zero-order valence-electron chi connectivity index (χ0n) is 27.8. The van der Waals surface area contributed by atoms with Gasteiger partial charge in [-0.2, -0.15) is 4.31 Å². The largest absolute Gasteiger partial charge is 0.496 e. The Kier molecular flexibility index (Phi) is 12.4. The lowest BCUT2D eigenvalue weighted by molar-refractivity contribution is -0.126. The van der Waals surface area contributed by atoms with E-state index in [4.69, 9.17) is 9.47 Å². The van der Waals surface area contributed by atoms with Crippen LogP contribution in [0.25, 0.3) is 0 Å². The first-order chi connectivity index (χ1) is 21.4. The number of halogens is 1. The van der Waals surface area contributed by atoms with Gasteiger partial charge in [-0.25, -0.2) is 12.8 Å². The number of ether oxygens (including phenoxy) is 2. The molecule has 45 heavy (non-hydrogen) atoms. The zero-order valence-corrected chi connectivity index (χ0v) is 28.6. The second kappa shape index (κ2) is 15.8. The molecule has 1 aliphatic heterocycles. The van der Waals surface area contributed by atoms with E-state index in [9.17, 15) is 17.6 Å². The number of nitrogens with zero attached hydrogens (tertiary/aromatic N) is 3. The monoisotopic (exact) mass is 646 g/mol. The molecule has 0 spiro atoms. The van der Waals surface area contributed by atoms with Crippen molar-refractivity contribution in [3.05, 3.63) is 58.4 Å². The number of sulfonamides is 1. The van der Waals surface area contributed by atoms with Gasteiger partial charge in [0.05, 0.1) is 18.6 Å². The molecule has 0 bridgehead atoms. The summed E-state index contributed by atoms with van der Waals surface area (Å²) in [5.41, 5.74) is 3.28. The van der Waals surface area contributed by atoms with Crippen molar-refractivity contribution in [2.24, 2.45) is 11.8 Å². The molecule has 1 heterocycles. The molecule has 250 valence electrons. The summed E-state index contributed by atoms with van der Waals surface area (Å²) >= 11 is 0. The van der Waals surface area contributed by atoms with Gasteiger partial charge in [0.2, 0.25) is 15.9 Å². The van der Waals surface area contributed by atoms with Gasteiger partial charge in [0.15, 0.2) is 0 Å². The Morgan fingerprint density at radius 1 is 1.04 bits per heavy atom. The van der Waals surface area contributed by atoms with Crippen LogP contribution < -0.4 is 10.1 Å². The van der Waals surface area contributed by atoms with Crippen molar-refractivity contribution < 1.29 is 27.1 Å². The van der Waals surface area contributed by atoms with Crippen LogP contribution >= 0.6 is 0 Å². The summed E-state index contributed by atoms with van der Waals surface area (Å²) < 4.78 is 53.6. The van der Waals surface area contributed by atoms with Gasteiger partial charge in [-0.1, -0.05) is 12.1 Å². The quantitative estimate of drug-likeness (QED) is 0.325. The second-order valence-electron chi connectivity index (χ2n) is 12.8. The number of piperazine rings is 1. The van der Waals surface area contributed by atoms with Gasteiger partial charge in [-0.3, -0.25) is 9.69 Å². The van der Waals surface area contributed by atoms with Crippen LogP contribution in [0.3, 0.4) is 0 Å². The first-order valence-corrected chi connectivity index (χ1v) is 17.5. The summed E-state index contributed by atoms with van der Waals surface area (Å²) in [5, 5.41) is 3.04. The minimum Gasteiger partial charge on any atom is -0.496 e. The summed E-state index contributed by atoms with van der Waals surface area (Å²) in [6.07, 6.45) is 4.16. The van der Waals surface area contributed by atoms with Crippen molar-refractivity contribution in [1.29, 1.82) is 0 Å². The molecule has 1 unspecified atom stereocenters. The minimum atomic E-state index is -3.62. The zero-order chi connectivity index (χ0) is 32.7. The number of hydrogen-bond donors (Lipinski definition) is 1. The van der Waals surface area contributed by atoms with Crippen LogP contribution in [0.4, 0.5) is 4.39 Å². The first-order valence-electron chi connectivity index (χ1n) is 16.1. The predicted octanol–water partition coefficient (Wildman–Crippen LogP) is 4.31. The molecule has 1 aliphatic carbocycles. The number of aryl methyl sites for hydroxylation is 1. The van der Waals surface area contributed by atoms with Crippen LogP contribution in [0.2, 0.25) is 0 Å². The van der Waals surface area contributed by atoms with E-state index in [2.05, 4.69) is 29.2 Å². The molecule has 2 aromatic rings. The molecule has 2 aromatic carbocycles. The Bertz CT molecular complexity index is 1400. The van der Waals surface area contributed by atoms with Gasteiger partial charge >= 0.3 is 0 Å². The predicted molar refractivity (Wildman–Crippen MR) is 175 cm³/mol. The Labute approximate surface area is 269 Å². The molecule has 9 nitrogen and oxygen atoms in total. The summed E-state index contributed by atoms with van der Waals surface area (Å²) in [4.78, 5) is 17.2. The molecule has 2 aliphatic rings. The number of carbonyl (C=O) groups is 1. The summed E-state index contributed by atoms with van der Waals surface area (Å²) in [6.45, 7) is 9.28. The van der Waals surface area contributed by atoms with Crippen molar-refractivity contribution in [1.82, 2.24) is 19.4 Å². The summed E-state index contributed by atoms with van der Waals surface area (Å²) in [5.74, 6) is 1.28. The fourth-order valence-electron chi connectivity index (χ4n) is 7.01. The smallest absolute Gasteiger partial charge is 0.246 e. The third-order valence-corrected chi connectivity index (χ3v) is 11.8. The van der Waals surface area contributed by atoms with Gasteiger partial charge < -0.3 is 19.7 Å². The Morgan fingerprint density at radius 2 is 1.73 bits per heavy atom. The number of rotatable bonds is 13. The number of methoxy groups -OCH3 is 1. The Morgan fingerprint density at radius 3 is 2.36 bits per heavy atom. The van der Waals surface area contributed by atoms with E-state index in [-0.39, 0.29) is 24.4 Å². The number of nitrogens with one attached hydrogen (secondary N) is 1. The Balaban J connectivity index is 1.13. The highest BCUT2D eigenvalue weighted by Gasteiger charge is 2.32. The Hall–Kier alpha value is -2.57. The van der Waals surface area contributed by atoms with Crippen LogP contribution in [0.15, 0.2) is 35.2 Å². The van der Waals surface area contributed by atoms with Crippen LogP contribution in [0, 0.1) is 38.4 Å². The third kappa shape index (κ3) is 8.83. The maximum absolute atomic E-state index is 13.9. The van der Waals surface area contributed by atoms with E-state index in [1.54, 1.807) is 29.6 Å². The van der Waals surface area contributed by atoms with E-state index < -0.39 is 10.0 Å². The fraction of sp³-hybridized carbons (Fsp3) is 0.618. The molecule has 1 amide bonds. The van der Waals surface area contributed by atoms with Gasteiger partial charge in [-0.15, -0.1) is 0 Å². The molecule has 1 saturated heterocycles. The summed E-state index contributed by atoms with van der Waals surface area (Å²) in [6, 6.07) is 8.90. The molecule has 1 N–H and O–H groups in total. The fourth-order valence-corrected chi connectivity index (χ4v) is 8.92. The third-order valence-electron chi connectivity index (χ3n) is 9.58. The molecular weight excluding hydrogens is 595 g/mol. The van der Waals surface area contributed by atoms with Gasteiger partial charge in [0, 0.05) is 45.3 Å². The van der Waals surface area contributed by atoms with Crippen molar-refractivity contribution in [2.45, 2.75) is 57.4 Å². The summed E-state index contributed by atoms with van der Waals surface area (Å²) in [7, 11) is 2.08. The highest BCUT2D eigenvalue weighted by atomic mass is 32.2. The van der Waals surface area contributed by atoms with E-state index >= 15 is 0 Å². The van der Waals surface area contributed by atoms with E-state index in [0.717, 1.165) is 42.4 Å². The van der Waals surface area contributed by atoms with E-state index in [0.29, 0.717) is 73.9 Å². The number of hydrogen-bond acceptors (Lipinski definition) is 7. The van der Waals surface area contributed by atoms with Crippen LogP contribution in [0.5, 0.6) is 5.75 Å². The van der Waals surface area contributed by atoms with Crippen LogP contribution in [-0.2, 0) is 19.6 Å².